The number of hydrogen-bond acceptors (Lipinski definition) is 6. The lowest BCUT2D eigenvalue weighted by atomic mass is 9.86. The predicted molar refractivity (Wildman–Crippen MR) is 82.1 cm³/mol. The molecule has 2 rings (SSSR count). The van der Waals surface area contributed by atoms with E-state index in [2.05, 4.69) is 0 Å². The van der Waals surface area contributed by atoms with Crippen molar-refractivity contribution in [2.75, 3.05) is 6.61 Å². The molecule has 120 valence electrons. The molecule has 7 heteroatoms. The number of hydrogen-bond donors (Lipinski definition) is 1. The van der Waals surface area contributed by atoms with Gasteiger partial charge in [-0.25, -0.2) is 4.79 Å². The van der Waals surface area contributed by atoms with Gasteiger partial charge in [0, 0.05) is 22.1 Å². The van der Waals surface area contributed by atoms with Crippen LogP contribution in [-0.2, 0) is 9.53 Å². The maximum absolute atomic E-state index is 12.7. The normalized spacial score (nSPS) is 20.3. The lowest BCUT2D eigenvalue weighted by molar-refractivity contribution is -0.553. The van der Waals surface area contributed by atoms with Gasteiger partial charge in [0.1, 0.15) is 0 Å². The summed E-state index contributed by atoms with van der Waals surface area (Å²) in [6.45, 7) is 1.76. The summed E-state index contributed by atoms with van der Waals surface area (Å²) in [7, 11) is 0. The monoisotopic (exact) mass is 316 g/mol. The molecule has 0 heterocycles. The smallest absolute Gasteiger partial charge is 0.338 e. The summed E-state index contributed by atoms with van der Waals surface area (Å²) in [6.07, 6.45) is 1.93. The van der Waals surface area contributed by atoms with E-state index in [1.54, 1.807) is 37.3 Å². The van der Waals surface area contributed by atoms with Gasteiger partial charge < -0.3 is 4.74 Å². The highest BCUT2D eigenvalue weighted by atomic mass is 16.6. The zero-order valence-electron chi connectivity index (χ0n) is 12.5. The third-order valence-electron chi connectivity index (χ3n) is 3.47. The van der Waals surface area contributed by atoms with Gasteiger partial charge >= 0.3 is 5.97 Å². The van der Waals surface area contributed by atoms with Gasteiger partial charge in [0.05, 0.1) is 18.6 Å². The third-order valence-corrected chi connectivity index (χ3v) is 3.47. The molecule has 0 saturated heterocycles. The van der Waals surface area contributed by atoms with Crippen molar-refractivity contribution in [2.45, 2.75) is 19.0 Å². The zero-order valence-corrected chi connectivity index (χ0v) is 12.5. The van der Waals surface area contributed by atoms with Crippen molar-refractivity contribution in [3.63, 3.8) is 0 Å². The molecule has 23 heavy (non-hydrogen) atoms. The zero-order chi connectivity index (χ0) is 17.0. The number of carbonyl (C=O) groups is 2. The summed E-state index contributed by atoms with van der Waals surface area (Å²) < 4.78 is 4.92. The van der Waals surface area contributed by atoms with Crippen molar-refractivity contribution >= 4 is 11.8 Å². The maximum atomic E-state index is 12.7. The highest BCUT2D eigenvalue weighted by Gasteiger charge is 2.42. The van der Waals surface area contributed by atoms with Crippen LogP contribution in [0.2, 0.25) is 0 Å². The first-order chi connectivity index (χ1) is 10.9. The van der Waals surface area contributed by atoms with Crippen LogP contribution < -0.4 is 5.73 Å². The molecule has 1 atom stereocenters. The Balaban J connectivity index is 2.49. The van der Waals surface area contributed by atoms with Crippen LogP contribution in [0.3, 0.4) is 0 Å². The van der Waals surface area contributed by atoms with Crippen LogP contribution in [0.25, 0.3) is 0 Å². The molecule has 1 unspecified atom stereocenters. The Bertz CT molecular complexity index is 708. The molecule has 0 fully saturated rings. The number of ether oxygens (including phenoxy) is 1. The van der Waals surface area contributed by atoms with Crippen LogP contribution in [0.5, 0.6) is 0 Å². The molecule has 7 nitrogen and oxygen atoms in total. The highest BCUT2D eigenvalue weighted by Crippen LogP contribution is 2.29. The fourth-order valence-electron chi connectivity index (χ4n) is 2.26. The number of carbonyl (C=O) groups excluding carboxylic acids is 2. The van der Waals surface area contributed by atoms with Crippen LogP contribution in [0.4, 0.5) is 0 Å². The van der Waals surface area contributed by atoms with Gasteiger partial charge in [-0.2, -0.15) is 0 Å². The van der Waals surface area contributed by atoms with Gasteiger partial charge in [0.2, 0.25) is 0 Å². The number of rotatable bonds is 5. The van der Waals surface area contributed by atoms with Crippen molar-refractivity contribution in [2.24, 2.45) is 5.73 Å². The Morgan fingerprint density at radius 1 is 1.35 bits per heavy atom. The Labute approximate surface area is 132 Å². The minimum atomic E-state index is -1.92. The van der Waals surface area contributed by atoms with Crippen molar-refractivity contribution in [3.05, 3.63) is 69.3 Å². The number of esters is 1. The lowest BCUT2D eigenvalue weighted by Gasteiger charge is -2.23. The summed E-state index contributed by atoms with van der Waals surface area (Å²) >= 11 is 0. The molecule has 0 bridgehead atoms. The Hall–Kier alpha value is -2.80. The molecule has 2 N–H and O–H groups in total. The van der Waals surface area contributed by atoms with Crippen LogP contribution in [-0.4, -0.2) is 28.9 Å². The van der Waals surface area contributed by atoms with E-state index in [4.69, 9.17) is 10.5 Å². The van der Waals surface area contributed by atoms with Crippen LogP contribution >= 0.6 is 0 Å². The molecule has 0 aromatic heterocycles. The van der Waals surface area contributed by atoms with Crippen molar-refractivity contribution in [1.82, 2.24) is 0 Å². The summed E-state index contributed by atoms with van der Waals surface area (Å²) in [5, 5.41) is 11.2. The second kappa shape index (κ2) is 6.53. The molecule has 0 amide bonds. The molecule has 1 aliphatic rings. The SMILES string of the molecule is CCOC(=O)C1=C(C(=O)c2ccccc2)CC(N)([N+](=O)[O-])C=C1. The Kier molecular flexibility index (Phi) is 4.71. The van der Waals surface area contributed by atoms with E-state index in [1.807, 2.05) is 0 Å². The van der Waals surface area contributed by atoms with Gasteiger partial charge in [0.25, 0.3) is 5.66 Å². The number of nitro groups is 1. The number of nitrogens with two attached hydrogens (primary N) is 1. The maximum Gasteiger partial charge on any atom is 0.338 e. The molecular weight excluding hydrogens is 300 g/mol. The Morgan fingerprint density at radius 2 is 2.00 bits per heavy atom. The summed E-state index contributed by atoms with van der Waals surface area (Å²) in [5.74, 6) is -1.18. The molecular formula is C16H16N2O5. The first-order valence-corrected chi connectivity index (χ1v) is 7.01. The first kappa shape index (κ1) is 16.6. The van der Waals surface area contributed by atoms with Gasteiger partial charge in [-0.15, -0.1) is 0 Å². The van der Waals surface area contributed by atoms with Crippen LogP contribution in [0, 0.1) is 10.1 Å². The van der Waals surface area contributed by atoms with Gasteiger partial charge in [-0.05, 0) is 13.0 Å². The number of benzene rings is 1. The second-order valence-electron chi connectivity index (χ2n) is 5.07. The van der Waals surface area contributed by atoms with E-state index in [1.165, 1.54) is 6.08 Å². The van der Waals surface area contributed by atoms with E-state index < -0.39 is 22.3 Å². The average molecular weight is 316 g/mol. The largest absolute Gasteiger partial charge is 0.462 e. The van der Waals surface area contributed by atoms with E-state index in [9.17, 15) is 19.7 Å². The first-order valence-electron chi connectivity index (χ1n) is 7.01. The standard InChI is InChI=1S/C16H16N2O5/c1-2-23-15(20)12-8-9-16(17,18(21)22)10-13(12)14(19)11-6-4-3-5-7-11/h3-9H,2,10,17H2,1H3. The lowest BCUT2D eigenvalue weighted by Crippen LogP contribution is -2.48. The number of nitrogens with zero attached hydrogens (tertiary/aromatic N) is 1. The Morgan fingerprint density at radius 3 is 2.57 bits per heavy atom. The van der Waals surface area contributed by atoms with E-state index >= 15 is 0 Å². The molecule has 0 radical (unpaired) electrons. The van der Waals surface area contributed by atoms with E-state index in [-0.39, 0.29) is 24.2 Å². The predicted octanol–water partition coefficient (Wildman–Crippen LogP) is 1.62. The average Bonchev–Trinajstić information content (AvgIpc) is 2.55. The summed E-state index contributed by atoms with van der Waals surface area (Å²) in [6, 6.07) is 8.21. The minimum Gasteiger partial charge on any atom is -0.462 e. The molecule has 1 aromatic rings. The summed E-state index contributed by atoms with van der Waals surface area (Å²) in [4.78, 5) is 35.2. The minimum absolute atomic E-state index is 0.00336. The van der Waals surface area contributed by atoms with E-state index in [0.717, 1.165) is 6.08 Å². The second-order valence-corrected chi connectivity index (χ2v) is 5.07. The van der Waals surface area contributed by atoms with Crippen molar-refractivity contribution in [1.29, 1.82) is 0 Å². The van der Waals surface area contributed by atoms with E-state index in [0.29, 0.717) is 5.56 Å². The molecule has 0 aliphatic heterocycles. The van der Waals surface area contributed by atoms with Crippen LogP contribution in [0.1, 0.15) is 23.7 Å². The van der Waals surface area contributed by atoms with Gasteiger partial charge in [0.15, 0.2) is 5.78 Å². The fraction of sp³-hybridized carbons (Fsp3) is 0.250. The van der Waals surface area contributed by atoms with Crippen molar-refractivity contribution in [3.8, 4) is 0 Å². The molecule has 0 saturated carbocycles. The van der Waals surface area contributed by atoms with Crippen LogP contribution in [0.15, 0.2) is 53.6 Å². The number of ketones is 1. The molecule has 1 aromatic carbocycles. The highest BCUT2D eigenvalue weighted by molar-refractivity contribution is 6.14. The molecule has 0 spiro atoms. The summed E-state index contributed by atoms with van der Waals surface area (Å²) in [5.41, 5.74) is 4.11. The van der Waals surface area contributed by atoms with Crippen molar-refractivity contribution < 1.29 is 19.2 Å². The van der Waals surface area contributed by atoms with Gasteiger partial charge in [-0.3, -0.25) is 20.6 Å². The molecule has 1 aliphatic carbocycles. The topological polar surface area (TPSA) is 113 Å². The van der Waals surface area contributed by atoms with Gasteiger partial charge in [-0.1, -0.05) is 30.3 Å². The fourth-order valence-corrected chi connectivity index (χ4v) is 2.26. The quantitative estimate of drug-likeness (QED) is 0.290. The number of Topliss-reactive ketones (excluding diaryl/α,β-unsaturated/α-hetero) is 1. The third kappa shape index (κ3) is 3.35.